The molecule has 0 bridgehead atoms. The Labute approximate surface area is 114 Å². The van der Waals surface area contributed by atoms with E-state index < -0.39 is 0 Å². The highest BCUT2D eigenvalue weighted by Gasteiger charge is 2.21. The summed E-state index contributed by atoms with van der Waals surface area (Å²) in [6.45, 7) is 3.99. The molecule has 98 valence electrons. The third kappa shape index (κ3) is 2.33. The minimum Gasteiger partial charge on any atom is -0.394 e. The molecule has 7 heteroatoms. The van der Waals surface area contributed by atoms with Crippen LogP contribution in [0, 0.1) is 6.92 Å². The zero-order valence-electron chi connectivity index (χ0n) is 10.5. The van der Waals surface area contributed by atoms with Gasteiger partial charge in [-0.25, -0.2) is 4.98 Å². The van der Waals surface area contributed by atoms with Gasteiger partial charge < -0.3 is 15.7 Å². The summed E-state index contributed by atoms with van der Waals surface area (Å²) in [4.78, 5) is 6.44. The Bertz CT molecular complexity index is 537. The Kier molecular flexibility index (Phi) is 3.84. The number of hydrogen-bond donors (Lipinski definition) is 2. The van der Waals surface area contributed by atoms with Crippen molar-refractivity contribution in [2.24, 2.45) is 0 Å². The summed E-state index contributed by atoms with van der Waals surface area (Å²) in [5.74, 6) is 0.501. The number of aryl methyl sites for hydroxylation is 1. The van der Waals surface area contributed by atoms with E-state index in [0.717, 1.165) is 21.3 Å². The van der Waals surface area contributed by atoms with E-state index in [1.54, 1.807) is 11.3 Å². The standard InChI is InChI=1S/C11H16N4OS2/c1-6-5-17-10(13-6)8-9(12)14-18-11(8)15(3)7(2)4-16/h5,7,16H,4H2,1-3H3,(H2,12,14). The van der Waals surface area contributed by atoms with Crippen molar-refractivity contribution in [1.82, 2.24) is 9.36 Å². The molecular weight excluding hydrogens is 268 g/mol. The maximum Gasteiger partial charge on any atom is 0.149 e. The van der Waals surface area contributed by atoms with E-state index in [2.05, 4.69) is 9.36 Å². The van der Waals surface area contributed by atoms with Crippen molar-refractivity contribution in [2.45, 2.75) is 19.9 Å². The number of nitrogens with two attached hydrogens (primary N) is 1. The quantitative estimate of drug-likeness (QED) is 0.898. The first kappa shape index (κ1) is 13.3. The van der Waals surface area contributed by atoms with Gasteiger partial charge in [-0.2, -0.15) is 4.37 Å². The third-order valence-electron chi connectivity index (χ3n) is 2.78. The van der Waals surface area contributed by atoms with E-state index in [-0.39, 0.29) is 12.6 Å². The average molecular weight is 284 g/mol. The lowest BCUT2D eigenvalue weighted by atomic mass is 10.2. The van der Waals surface area contributed by atoms with Gasteiger partial charge in [0.05, 0.1) is 12.2 Å². The van der Waals surface area contributed by atoms with Gasteiger partial charge in [0.15, 0.2) is 0 Å². The average Bonchev–Trinajstić information content (AvgIpc) is 2.93. The summed E-state index contributed by atoms with van der Waals surface area (Å²) in [7, 11) is 1.93. The molecule has 1 atom stereocenters. The number of likely N-dealkylation sites (N-methyl/N-ethyl adjacent to an activating group) is 1. The molecule has 5 nitrogen and oxygen atoms in total. The minimum absolute atomic E-state index is 0.0182. The number of hydrogen-bond acceptors (Lipinski definition) is 7. The molecule has 0 aliphatic rings. The van der Waals surface area contributed by atoms with Crippen molar-refractivity contribution < 1.29 is 5.11 Å². The highest BCUT2D eigenvalue weighted by Crippen LogP contribution is 2.40. The Hall–Kier alpha value is -1.18. The van der Waals surface area contributed by atoms with Crippen LogP contribution in [0.5, 0.6) is 0 Å². The molecule has 0 aliphatic carbocycles. The SMILES string of the molecule is Cc1csc(-c2c(N)nsc2N(C)C(C)CO)n1. The van der Waals surface area contributed by atoms with E-state index in [0.29, 0.717) is 5.82 Å². The van der Waals surface area contributed by atoms with Crippen LogP contribution >= 0.6 is 22.9 Å². The predicted octanol–water partition coefficient (Wildman–Crippen LogP) is 1.97. The number of nitrogens with zero attached hydrogens (tertiary/aromatic N) is 3. The molecule has 1 unspecified atom stereocenters. The molecule has 18 heavy (non-hydrogen) atoms. The van der Waals surface area contributed by atoms with E-state index in [1.165, 1.54) is 11.5 Å². The zero-order valence-corrected chi connectivity index (χ0v) is 12.2. The highest BCUT2D eigenvalue weighted by molar-refractivity contribution is 7.15. The molecule has 2 heterocycles. The first-order chi connectivity index (χ1) is 8.54. The number of aromatic nitrogens is 2. The molecule has 0 amide bonds. The van der Waals surface area contributed by atoms with Gasteiger partial charge in [0.25, 0.3) is 0 Å². The van der Waals surface area contributed by atoms with Gasteiger partial charge in [0.1, 0.15) is 15.8 Å². The van der Waals surface area contributed by atoms with Gasteiger partial charge >= 0.3 is 0 Å². The van der Waals surface area contributed by atoms with Crippen LogP contribution in [-0.2, 0) is 0 Å². The number of nitrogen functional groups attached to an aromatic ring is 1. The minimum atomic E-state index is 0.0182. The fourth-order valence-electron chi connectivity index (χ4n) is 1.53. The largest absolute Gasteiger partial charge is 0.394 e. The fraction of sp³-hybridized carbons (Fsp3) is 0.455. The number of aliphatic hydroxyl groups excluding tert-OH is 1. The predicted molar refractivity (Wildman–Crippen MR) is 77.3 cm³/mol. The van der Waals surface area contributed by atoms with Gasteiger partial charge in [-0.05, 0) is 25.4 Å². The van der Waals surface area contributed by atoms with E-state index in [9.17, 15) is 5.11 Å². The molecule has 0 saturated heterocycles. The fourth-order valence-corrected chi connectivity index (χ4v) is 3.32. The van der Waals surface area contributed by atoms with Crippen molar-refractivity contribution in [3.63, 3.8) is 0 Å². The lowest BCUT2D eigenvalue weighted by Crippen LogP contribution is -2.31. The van der Waals surface area contributed by atoms with Crippen LogP contribution in [0.1, 0.15) is 12.6 Å². The second-order valence-corrected chi connectivity index (χ2v) is 5.79. The third-order valence-corrected chi connectivity index (χ3v) is 4.71. The molecule has 0 aromatic carbocycles. The van der Waals surface area contributed by atoms with Crippen LogP contribution in [0.15, 0.2) is 5.38 Å². The molecule has 2 rings (SSSR count). The van der Waals surface area contributed by atoms with Crippen molar-refractivity contribution in [3.8, 4) is 10.6 Å². The lowest BCUT2D eigenvalue weighted by molar-refractivity contribution is 0.270. The maximum absolute atomic E-state index is 9.24. The summed E-state index contributed by atoms with van der Waals surface area (Å²) < 4.78 is 4.20. The Morgan fingerprint density at radius 1 is 1.56 bits per heavy atom. The number of rotatable bonds is 4. The number of anilines is 2. The molecule has 3 N–H and O–H groups in total. The molecule has 0 saturated carbocycles. The summed E-state index contributed by atoms with van der Waals surface area (Å²) >= 11 is 2.90. The van der Waals surface area contributed by atoms with Gasteiger partial charge in [-0.1, -0.05) is 0 Å². The van der Waals surface area contributed by atoms with Gasteiger partial charge in [-0.3, -0.25) is 0 Å². The Morgan fingerprint density at radius 2 is 2.28 bits per heavy atom. The lowest BCUT2D eigenvalue weighted by Gasteiger charge is -2.24. The molecule has 2 aromatic heterocycles. The zero-order chi connectivity index (χ0) is 13.3. The summed E-state index contributed by atoms with van der Waals surface area (Å²) in [6.07, 6.45) is 0. The topological polar surface area (TPSA) is 75.3 Å². The van der Waals surface area contributed by atoms with Crippen LogP contribution in [-0.4, -0.2) is 34.2 Å². The van der Waals surface area contributed by atoms with Crippen LogP contribution in [0.3, 0.4) is 0 Å². The first-order valence-corrected chi connectivity index (χ1v) is 7.21. The van der Waals surface area contributed by atoms with Crippen molar-refractivity contribution >= 4 is 33.7 Å². The molecular formula is C11H16N4OS2. The monoisotopic (exact) mass is 284 g/mol. The van der Waals surface area contributed by atoms with Crippen molar-refractivity contribution in [3.05, 3.63) is 11.1 Å². The summed E-state index contributed by atoms with van der Waals surface area (Å²) in [5, 5.41) is 13.1. The number of thiazole rings is 1. The van der Waals surface area contributed by atoms with Gasteiger partial charge in [-0.15, -0.1) is 11.3 Å². The highest BCUT2D eigenvalue weighted by atomic mass is 32.1. The molecule has 0 spiro atoms. The van der Waals surface area contributed by atoms with Gasteiger partial charge in [0.2, 0.25) is 0 Å². The number of aliphatic hydroxyl groups is 1. The molecule has 0 radical (unpaired) electrons. The normalized spacial score (nSPS) is 12.7. The Morgan fingerprint density at radius 3 is 2.83 bits per heavy atom. The maximum atomic E-state index is 9.24. The van der Waals surface area contributed by atoms with Crippen molar-refractivity contribution in [1.29, 1.82) is 0 Å². The van der Waals surface area contributed by atoms with Crippen LogP contribution < -0.4 is 10.6 Å². The second-order valence-electron chi connectivity index (χ2n) is 4.18. The second kappa shape index (κ2) is 5.21. The van der Waals surface area contributed by atoms with Gasteiger partial charge in [0, 0.05) is 24.2 Å². The van der Waals surface area contributed by atoms with Crippen LogP contribution in [0.25, 0.3) is 10.6 Å². The first-order valence-electron chi connectivity index (χ1n) is 5.56. The van der Waals surface area contributed by atoms with Crippen LogP contribution in [0.4, 0.5) is 10.8 Å². The Balaban J connectivity index is 2.45. The summed E-state index contributed by atoms with van der Waals surface area (Å²) in [5.41, 5.74) is 7.79. The van der Waals surface area contributed by atoms with E-state index in [1.807, 2.05) is 31.2 Å². The summed E-state index contributed by atoms with van der Waals surface area (Å²) in [6, 6.07) is 0.0182. The molecule has 2 aromatic rings. The molecule has 0 aliphatic heterocycles. The smallest absolute Gasteiger partial charge is 0.149 e. The van der Waals surface area contributed by atoms with E-state index >= 15 is 0 Å². The van der Waals surface area contributed by atoms with Crippen molar-refractivity contribution in [2.75, 3.05) is 24.3 Å². The van der Waals surface area contributed by atoms with E-state index in [4.69, 9.17) is 5.73 Å². The van der Waals surface area contributed by atoms with Crippen LogP contribution in [0.2, 0.25) is 0 Å². The molecule has 0 fully saturated rings.